The van der Waals surface area contributed by atoms with E-state index in [2.05, 4.69) is 5.32 Å². The van der Waals surface area contributed by atoms with Gasteiger partial charge in [0.25, 0.3) is 0 Å². The van der Waals surface area contributed by atoms with E-state index >= 15 is 0 Å². The molecule has 0 aromatic heterocycles. The van der Waals surface area contributed by atoms with Gasteiger partial charge in [0.2, 0.25) is 5.91 Å². The first-order valence-corrected chi connectivity index (χ1v) is 3.70. The van der Waals surface area contributed by atoms with Crippen molar-refractivity contribution in [1.82, 2.24) is 5.32 Å². The molecule has 0 heterocycles. The van der Waals surface area contributed by atoms with E-state index in [4.69, 9.17) is 16.1 Å². The highest BCUT2D eigenvalue weighted by atomic mass is 16.4. The number of nitriles is 1. The average Bonchev–Trinajstić information content (AvgIpc) is 2.10. The first-order chi connectivity index (χ1) is 6.07. The number of amides is 1. The van der Waals surface area contributed by atoms with E-state index in [1.54, 1.807) is 6.07 Å². The third-order valence-corrected chi connectivity index (χ3v) is 1.36. The minimum atomic E-state index is -1.13. The van der Waals surface area contributed by atoms with Crippen LogP contribution < -0.4 is 11.1 Å². The Hall–Kier alpha value is -1.61. The van der Waals surface area contributed by atoms with Crippen molar-refractivity contribution >= 4 is 11.9 Å². The molecular weight excluding hydrogens is 174 g/mol. The zero-order valence-corrected chi connectivity index (χ0v) is 6.99. The zero-order valence-electron chi connectivity index (χ0n) is 6.99. The molecule has 0 aromatic rings. The van der Waals surface area contributed by atoms with Crippen LogP contribution in [0, 0.1) is 11.3 Å². The maximum Gasteiger partial charge on any atom is 0.320 e. The second-order valence-corrected chi connectivity index (χ2v) is 2.42. The van der Waals surface area contributed by atoms with Crippen LogP contribution in [0.3, 0.4) is 0 Å². The maximum atomic E-state index is 10.8. The van der Waals surface area contributed by atoms with Crippen molar-refractivity contribution in [1.29, 1.82) is 5.26 Å². The minimum Gasteiger partial charge on any atom is -0.480 e. The van der Waals surface area contributed by atoms with E-state index in [1.807, 2.05) is 0 Å². The van der Waals surface area contributed by atoms with Gasteiger partial charge < -0.3 is 16.2 Å². The quantitative estimate of drug-likeness (QED) is 0.466. The van der Waals surface area contributed by atoms with E-state index in [-0.39, 0.29) is 25.3 Å². The second-order valence-electron chi connectivity index (χ2n) is 2.42. The van der Waals surface area contributed by atoms with Crippen LogP contribution in [0.5, 0.6) is 0 Å². The number of nitrogens with two attached hydrogens (primary N) is 1. The van der Waals surface area contributed by atoms with Crippen molar-refractivity contribution in [3.63, 3.8) is 0 Å². The predicted molar refractivity (Wildman–Crippen MR) is 43.5 cm³/mol. The summed E-state index contributed by atoms with van der Waals surface area (Å²) in [6.07, 6.45) is 0.0990. The van der Waals surface area contributed by atoms with Gasteiger partial charge in [-0.2, -0.15) is 5.26 Å². The summed E-state index contributed by atoms with van der Waals surface area (Å²) in [5, 5.41) is 18.7. The Morgan fingerprint density at radius 3 is 2.69 bits per heavy atom. The average molecular weight is 185 g/mol. The highest BCUT2D eigenvalue weighted by molar-refractivity contribution is 5.78. The van der Waals surface area contributed by atoms with E-state index in [0.717, 1.165) is 0 Å². The fourth-order valence-electron chi connectivity index (χ4n) is 0.637. The number of nitrogens with zero attached hydrogens (tertiary/aromatic N) is 1. The van der Waals surface area contributed by atoms with Gasteiger partial charge >= 0.3 is 5.97 Å². The SMILES string of the molecule is N#CCNC(=O)CC[C@H](N)C(=O)O. The number of carbonyl (C=O) groups is 2. The molecule has 0 fully saturated rings. The van der Waals surface area contributed by atoms with Crippen LogP contribution in [0.15, 0.2) is 0 Å². The summed E-state index contributed by atoms with van der Waals surface area (Å²) >= 11 is 0. The highest BCUT2D eigenvalue weighted by Gasteiger charge is 2.12. The van der Waals surface area contributed by atoms with Crippen LogP contribution in [0.4, 0.5) is 0 Å². The third kappa shape index (κ3) is 5.64. The third-order valence-electron chi connectivity index (χ3n) is 1.36. The van der Waals surface area contributed by atoms with Gasteiger partial charge in [-0.1, -0.05) is 0 Å². The smallest absolute Gasteiger partial charge is 0.320 e. The molecule has 0 radical (unpaired) electrons. The Balaban J connectivity index is 3.59. The van der Waals surface area contributed by atoms with Crippen LogP contribution in [0.2, 0.25) is 0 Å². The summed E-state index contributed by atoms with van der Waals surface area (Å²) in [5.74, 6) is -1.49. The Bertz CT molecular complexity index is 234. The molecule has 1 atom stereocenters. The summed E-state index contributed by atoms with van der Waals surface area (Å²) < 4.78 is 0. The standard InChI is InChI=1S/C7H11N3O3/c8-3-4-10-6(11)2-1-5(9)7(12)13/h5H,1-2,4,9H2,(H,10,11)(H,12,13)/t5-/m0/s1. The van der Waals surface area contributed by atoms with Gasteiger partial charge in [0.1, 0.15) is 12.6 Å². The van der Waals surface area contributed by atoms with Crippen LogP contribution in [0.25, 0.3) is 0 Å². The first kappa shape index (κ1) is 11.4. The summed E-state index contributed by atoms with van der Waals surface area (Å²) in [5.41, 5.74) is 5.15. The molecule has 6 heteroatoms. The van der Waals surface area contributed by atoms with Crippen molar-refractivity contribution in [2.75, 3.05) is 6.54 Å². The molecule has 0 bridgehead atoms. The lowest BCUT2D eigenvalue weighted by atomic mass is 10.1. The number of aliphatic carboxylic acids is 1. The maximum absolute atomic E-state index is 10.8. The van der Waals surface area contributed by atoms with Crippen molar-refractivity contribution in [3.05, 3.63) is 0 Å². The molecule has 13 heavy (non-hydrogen) atoms. The van der Waals surface area contributed by atoms with Gasteiger partial charge in [0, 0.05) is 6.42 Å². The molecule has 0 saturated heterocycles. The van der Waals surface area contributed by atoms with Gasteiger partial charge in [-0.25, -0.2) is 0 Å². The van der Waals surface area contributed by atoms with Gasteiger partial charge in [0.15, 0.2) is 0 Å². The molecular formula is C7H11N3O3. The van der Waals surface area contributed by atoms with Crippen LogP contribution in [-0.2, 0) is 9.59 Å². The number of hydrogen-bond acceptors (Lipinski definition) is 4. The number of nitrogens with one attached hydrogen (secondary N) is 1. The minimum absolute atomic E-state index is 0.0230. The number of carbonyl (C=O) groups excluding carboxylic acids is 1. The zero-order chi connectivity index (χ0) is 10.3. The van der Waals surface area contributed by atoms with Crippen molar-refractivity contribution in [3.8, 4) is 6.07 Å². The number of carboxylic acid groups (broad SMARTS) is 1. The number of rotatable bonds is 5. The van der Waals surface area contributed by atoms with Gasteiger partial charge in [-0.15, -0.1) is 0 Å². The normalized spacial score (nSPS) is 11.4. The molecule has 0 aliphatic rings. The summed E-state index contributed by atoms with van der Waals surface area (Å²) in [4.78, 5) is 21.0. The van der Waals surface area contributed by atoms with Crippen LogP contribution >= 0.6 is 0 Å². The fourth-order valence-corrected chi connectivity index (χ4v) is 0.637. The molecule has 0 aliphatic carbocycles. The highest BCUT2D eigenvalue weighted by Crippen LogP contribution is 1.94. The second kappa shape index (κ2) is 5.97. The molecule has 0 unspecified atom stereocenters. The lowest BCUT2D eigenvalue weighted by Crippen LogP contribution is -2.32. The number of carboxylic acids is 1. The summed E-state index contributed by atoms with van der Waals surface area (Å²) in [7, 11) is 0. The fraction of sp³-hybridized carbons (Fsp3) is 0.571. The predicted octanol–water partition coefficient (Wildman–Crippen LogP) is -1.18. The van der Waals surface area contributed by atoms with Crippen LogP contribution in [-0.4, -0.2) is 29.6 Å². The molecule has 0 spiro atoms. The van der Waals surface area contributed by atoms with E-state index in [1.165, 1.54) is 0 Å². The van der Waals surface area contributed by atoms with E-state index < -0.39 is 12.0 Å². The van der Waals surface area contributed by atoms with Gasteiger partial charge in [0.05, 0.1) is 6.07 Å². The van der Waals surface area contributed by atoms with E-state index in [0.29, 0.717) is 0 Å². The Kier molecular flexibility index (Phi) is 5.23. The molecule has 4 N–H and O–H groups in total. The molecule has 72 valence electrons. The number of hydrogen-bond donors (Lipinski definition) is 3. The first-order valence-electron chi connectivity index (χ1n) is 3.70. The molecule has 0 rings (SSSR count). The summed E-state index contributed by atoms with van der Waals surface area (Å²) in [6.45, 7) is -0.0683. The van der Waals surface area contributed by atoms with Crippen molar-refractivity contribution < 1.29 is 14.7 Å². The van der Waals surface area contributed by atoms with Crippen molar-refractivity contribution in [2.24, 2.45) is 5.73 Å². The molecule has 0 saturated carbocycles. The molecule has 1 amide bonds. The van der Waals surface area contributed by atoms with Gasteiger partial charge in [-0.3, -0.25) is 9.59 Å². The molecule has 6 nitrogen and oxygen atoms in total. The monoisotopic (exact) mass is 185 g/mol. The van der Waals surface area contributed by atoms with Gasteiger partial charge in [-0.05, 0) is 6.42 Å². The van der Waals surface area contributed by atoms with Crippen LogP contribution in [0.1, 0.15) is 12.8 Å². The van der Waals surface area contributed by atoms with E-state index in [9.17, 15) is 9.59 Å². The largest absolute Gasteiger partial charge is 0.480 e. The lowest BCUT2D eigenvalue weighted by molar-refractivity contribution is -0.138. The molecule has 0 aliphatic heterocycles. The van der Waals surface area contributed by atoms with Crippen molar-refractivity contribution in [2.45, 2.75) is 18.9 Å². The Morgan fingerprint density at radius 2 is 2.23 bits per heavy atom. The topological polar surface area (TPSA) is 116 Å². The lowest BCUT2D eigenvalue weighted by Gasteiger charge is -2.04. The summed E-state index contributed by atoms with van der Waals surface area (Å²) in [6, 6.07) is 0.709. The molecule has 0 aromatic carbocycles. The Morgan fingerprint density at radius 1 is 1.62 bits per heavy atom. The Labute approximate surface area is 75.3 Å².